The minimum absolute atomic E-state index is 0.343. The third-order valence-electron chi connectivity index (χ3n) is 2.95. The van der Waals surface area contributed by atoms with Gasteiger partial charge < -0.3 is 15.0 Å². The molecule has 5 heteroatoms. The Kier molecular flexibility index (Phi) is 3.15. The van der Waals surface area contributed by atoms with Gasteiger partial charge in [-0.05, 0) is 29.9 Å². The molecule has 0 amide bonds. The zero-order valence-corrected chi connectivity index (χ0v) is 10.7. The Morgan fingerprint density at radius 1 is 1.33 bits per heavy atom. The van der Waals surface area contributed by atoms with Gasteiger partial charge in [-0.2, -0.15) is 11.8 Å². The lowest BCUT2D eigenvalue weighted by Crippen LogP contribution is -2.14. The first-order valence-electron chi connectivity index (χ1n) is 5.88. The maximum atomic E-state index is 5.89. The number of benzene rings is 1. The maximum Gasteiger partial charge on any atom is 0.229 e. The standard InChI is InChI=1S/C13H14N2O2S/c14-13-12(7-15-17-13)9-1-3-10(4-2-9)16-11-5-6-18-8-11/h1-4,7,11H,5-6,8,14H2. The molecule has 1 unspecified atom stereocenters. The summed E-state index contributed by atoms with van der Waals surface area (Å²) in [5.41, 5.74) is 7.48. The Morgan fingerprint density at radius 2 is 2.17 bits per heavy atom. The summed E-state index contributed by atoms with van der Waals surface area (Å²) in [5, 5.41) is 3.67. The number of aromatic nitrogens is 1. The summed E-state index contributed by atoms with van der Waals surface area (Å²) < 4.78 is 10.7. The zero-order chi connectivity index (χ0) is 12.4. The van der Waals surface area contributed by atoms with Crippen LogP contribution in [0.5, 0.6) is 5.75 Å². The molecule has 1 saturated heterocycles. The fourth-order valence-corrected chi connectivity index (χ4v) is 3.07. The van der Waals surface area contributed by atoms with Crippen LogP contribution in [0.25, 0.3) is 11.1 Å². The van der Waals surface area contributed by atoms with Crippen LogP contribution in [-0.4, -0.2) is 22.8 Å². The van der Waals surface area contributed by atoms with Gasteiger partial charge in [0.05, 0.1) is 11.8 Å². The topological polar surface area (TPSA) is 61.3 Å². The number of nitrogens with two attached hydrogens (primary N) is 1. The van der Waals surface area contributed by atoms with Crippen molar-refractivity contribution in [1.82, 2.24) is 5.16 Å². The van der Waals surface area contributed by atoms with Gasteiger partial charge in [0.25, 0.3) is 0 Å². The maximum absolute atomic E-state index is 5.89. The van der Waals surface area contributed by atoms with E-state index in [1.165, 1.54) is 5.75 Å². The summed E-state index contributed by atoms with van der Waals surface area (Å²) in [5.74, 6) is 3.53. The van der Waals surface area contributed by atoms with Crippen molar-refractivity contribution in [3.8, 4) is 16.9 Å². The average molecular weight is 262 g/mol. The molecule has 1 fully saturated rings. The molecule has 0 aliphatic carbocycles. The number of nitrogens with zero attached hydrogens (tertiary/aromatic N) is 1. The highest BCUT2D eigenvalue weighted by atomic mass is 32.2. The van der Waals surface area contributed by atoms with Gasteiger partial charge in [-0.1, -0.05) is 17.3 Å². The largest absolute Gasteiger partial charge is 0.490 e. The summed E-state index contributed by atoms with van der Waals surface area (Å²) in [7, 11) is 0. The van der Waals surface area contributed by atoms with E-state index in [4.69, 9.17) is 15.0 Å². The number of nitrogen functional groups attached to an aromatic ring is 1. The number of hydrogen-bond acceptors (Lipinski definition) is 5. The van der Waals surface area contributed by atoms with Crippen LogP contribution < -0.4 is 10.5 Å². The molecule has 2 N–H and O–H groups in total. The van der Waals surface area contributed by atoms with Crippen molar-refractivity contribution in [2.45, 2.75) is 12.5 Å². The molecule has 0 bridgehead atoms. The molecular formula is C13H14N2O2S. The van der Waals surface area contributed by atoms with E-state index >= 15 is 0 Å². The van der Waals surface area contributed by atoms with Crippen molar-refractivity contribution in [1.29, 1.82) is 0 Å². The van der Waals surface area contributed by atoms with E-state index in [1.54, 1.807) is 6.20 Å². The van der Waals surface area contributed by atoms with E-state index < -0.39 is 0 Å². The molecule has 2 aromatic rings. The second-order valence-electron chi connectivity index (χ2n) is 4.23. The van der Waals surface area contributed by atoms with E-state index in [1.807, 2.05) is 36.0 Å². The Hall–Kier alpha value is -1.62. The Morgan fingerprint density at radius 3 is 2.78 bits per heavy atom. The Balaban J connectivity index is 1.74. The number of ether oxygens (including phenoxy) is 1. The summed E-state index contributed by atoms with van der Waals surface area (Å²) in [4.78, 5) is 0. The molecule has 1 atom stereocenters. The van der Waals surface area contributed by atoms with Crippen molar-refractivity contribution >= 4 is 17.6 Å². The molecule has 1 aliphatic rings. The first kappa shape index (κ1) is 11.5. The molecule has 4 nitrogen and oxygen atoms in total. The lowest BCUT2D eigenvalue weighted by Gasteiger charge is -2.12. The molecule has 1 aromatic carbocycles. The quantitative estimate of drug-likeness (QED) is 0.921. The lowest BCUT2D eigenvalue weighted by atomic mass is 10.1. The summed E-state index contributed by atoms with van der Waals surface area (Å²) in [6, 6.07) is 7.87. The highest BCUT2D eigenvalue weighted by Crippen LogP contribution is 2.28. The van der Waals surface area contributed by atoms with Crippen LogP contribution >= 0.6 is 11.8 Å². The van der Waals surface area contributed by atoms with E-state index in [0.29, 0.717) is 12.0 Å². The van der Waals surface area contributed by atoms with Crippen LogP contribution in [-0.2, 0) is 0 Å². The monoisotopic (exact) mass is 262 g/mol. The van der Waals surface area contributed by atoms with Crippen molar-refractivity contribution in [3.63, 3.8) is 0 Å². The predicted molar refractivity (Wildman–Crippen MR) is 72.7 cm³/mol. The molecule has 0 spiro atoms. The molecule has 3 rings (SSSR count). The minimum Gasteiger partial charge on any atom is -0.490 e. The SMILES string of the molecule is Nc1oncc1-c1ccc(OC2CCSC2)cc1. The average Bonchev–Trinajstić information content (AvgIpc) is 3.02. The fraction of sp³-hybridized carbons (Fsp3) is 0.308. The molecule has 94 valence electrons. The number of rotatable bonds is 3. The van der Waals surface area contributed by atoms with E-state index in [2.05, 4.69) is 5.16 Å². The summed E-state index contributed by atoms with van der Waals surface area (Å²) >= 11 is 1.94. The predicted octanol–water partition coefficient (Wildman–Crippen LogP) is 2.81. The van der Waals surface area contributed by atoms with Crippen LogP contribution in [0, 0.1) is 0 Å². The molecule has 0 saturated carbocycles. The van der Waals surface area contributed by atoms with Crippen LogP contribution in [0.1, 0.15) is 6.42 Å². The van der Waals surface area contributed by atoms with Gasteiger partial charge in [0.1, 0.15) is 11.9 Å². The van der Waals surface area contributed by atoms with Crippen LogP contribution in [0.3, 0.4) is 0 Å². The second kappa shape index (κ2) is 4.94. The van der Waals surface area contributed by atoms with Crippen molar-refractivity contribution in [2.24, 2.45) is 0 Å². The summed E-state index contributed by atoms with van der Waals surface area (Å²) in [6.07, 6.45) is 3.10. The van der Waals surface area contributed by atoms with Gasteiger partial charge in [-0.25, -0.2) is 0 Å². The van der Waals surface area contributed by atoms with Gasteiger partial charge in [0, 0.05) is 5.75 Å². The molecule has 2 heterocycles. The second-order valence-corrected chi connectivity index (χ2v) is 5.38. The highest BCUT2D eigenvalue weighted by Gasteiger charge is 2.17. The van der Waals surface area contributed by atoms with Crippen molar-refractivity contribution in [3.05, 3.63) is 30.5 Å². The number of thioether (sulfide) groups is 1. The van der Waals surface area contributed by atoms with Crippen molar-refractivity contribution < 1.29 is 9.26 Å². The van der Waals surface area contributed by atoms with E-state index in [0.717, 1.165) is 29.1 Å². The third-order valence-corrected chi connectivity index (χ3v) is 4.09. The van der Waals surface area contributed by atoms with E-state index in [-0.39, 0.29) is 0 Å². The van der Waals surface area contributed by atoms with E-state index in [9.17, 15) is 0 Å². The molecule has 0 radical (unpaired) electrons. The smallest absolute Gasteiger partial charge is 0.229 e. The minimum atomic E-state index is 0.343. The van der Waals surface area contributed by atoms with Gasteiger partial charge in [-0.15, -0.1) is 0 Å². The molecular weight excluding hydrogens is 248 g/mol. The normalized spacial score (nSPS) is 19.0. The van der Waals surface area contributed by atoms with Gasteiger partial charge in [-0.3, -0.25) is 0 Å². The fourth-order valence-electron chi connectivity index (χ4n) is 1.98. The van der Waals surface area contributed by atoms with Gasteiger partial charge in [0.2, 0.25) is 5.88 Å². The van der Waals surface area contributed by atoms with Gasteiger partial charge in [0.15, 0.2) is 0 Å². The third kappa shape index (κ3) is 2.31. The Labute approximate surface area is 109 Å². The molecule has 1 aromatic heterocycles. The van der Waals surface area contributed by atoms with Crippen LogP contribution in [0.4, 0.5) is 5.88 Å². The number of anilines is 1. The van der Waals surface area contributed by atoms with Crippen molar-refractivity contribution in [2.75, 3.05) is 17.2 Å². The highest BCUT2D eigenvalue weighted by molar-refractivity contribution is 7.99. The van der Waals surface area contributed by atoms with Gasteiger partial charge >= 0.3 is 0 Å². The zero-order valence-electron chi connectivity index (χ0n) is 9.83. The Bertz CT molecular complexity index is 518. The molecule has 1 aliphatic heterocycles. The van der Waals surface area contributed by atoms with Crippen LogP contribution in [0.2, 0.25) is 0 Å². The first-order chi connectivity index (χ1) is 8.83. The lowest BCUT2D eigenvalue weighted by molar-refractivity contribution is 0.229. The molecule has 18 heavy (non-hydrogen) atoms. The number of hydrogen-bond donors (Lipinski definition) is 1. The van der Waals surface area contributed by atoms with Crippen LogP contribution in [0.15, 0.2) is 35.0 Å². The first-order valence-corrected chi connectivity index (χ1v) is 7.03. The summed E-state index contributed by atoms with van der Waals surface area (Å²) in [6.45, 7) is 0.